The van der Waals surface area contributed by atoms with Crippen LogP contribution in [0.4, 0.5) is 0 Å². The van der Waals surface area contributed by atoms with Crippen LogP contribution in [-0.2, 0) is 4.43 Å². The van der Waals surface area contributed by atoms with Crippen LogP contribution in [0.5, 0.6) is 11.5 Å². The van der Waals surface area contributed by atoms with Gasteiger partial charge in [0, 0.05) is 12.7 Å². The summed E-state index contributed by atoms with van der Waals surface area (Å²) in [6.45, 7) is 12.4. The summed E-state index contributed by atoms with van der Waals surface area (Å²) in [5.41, 5.74) is 0.864. The smallest absolute Gasteiger partial charge is 0.191 e. The Morgan fingerprint density at radius 3 is 1.79 bits per heavy atom. The van der Waals surface area contributed by atoms with E-state index < -0.39 is 14.4 Å². The molecule has 0 aliphatic heterocycles. The summed E-state index contributed by atoms with van der Waals surface area (Å²) in [5, 5.41) is 10.8. The third-order valence-electron chi connectivity index (χ3n) is 6.15. The Balaban J connectivity index is 2.13. The zero-order chi connectivity index (χ0) is 21.9. The molecule has 1 atom stereocenters. The summed E-state index contributed by atoms with van der Waals surface area (Å²) in [6, 6.07) is 5.60. The fourth-order valence-corrected chi connectivity index (χ4v) is 4.14. The maximum absolute atomic E-state index is 10.5. The average Bonchev–Trinajstić information content (AvgIpc) is 2.67. The van der Waals surface area contributed by atoms with Crippen molar-refractivity contribution in [2.24, 2.45) is 0 Å². The molecule has 0 spiro atoms. The van der Waals surface area contributed by atoms with Gasteiger partial charge in [0.05, 0.1) is 20.3 Å². The molecule has 4 nitrogen and oxygen atoms in total. The van der Waals surface area contributed by atoms with Crippen LogP contribution in [0.2, 0.25) is 18.1 Å². The van der Waals surface area contributed by atoms with Gasteiger partial charge < -0.3 is 19.0 Å². The van der Waals surface area contributed by atoms with E-state index in [1.807, 2.05) is 18.2 Å². The first-order chi connectivity index (χ1) is 13.6. The third-order valence-corrected chi connectivity index (χ3v) is 10.7. The topological polar surface area (TPSA) is 47.9 Å². The van der Waals surface area contributed by atoms with Crippen LogP contribution < -0.4 is 9.47 Å². The van der Waals surface area contributed by atoms with Crippen LogP contribution in [-0.4, -0.2) is 34.3 Å². The lowest BCUT2D eigenvalue weighted by atomic mass is 10.0. The predicted molar refractivity (Wildman–Crippen MR) is 125 cm³/mol. The minimum Gasteiger partial charge on any atom is -0.497 e. The summed E-state index contributed by atoms with van der Waals surface area (Å²) in [4.78, 5) is 0. The average molecular weight is 425 g/mol. The maximum atomic E-state index is 10.5. The van der Waals surface area contributed by atoms with E-state index in [2.05, 4.69) is 33.9 Å². The molecule has 1 aromatic rings. The summed E-state index contributed by atoms with van der Waals surface area (Å²) >= 11 is 0. The highest BCUT2D eigenvalue weighted by Gasteiger charge is 2.36. The second kappa shape index (κ2) is 12.6. The normalized spacial score (nSPS) is 13.4. The van der Waals surface area contributed by atoms with Gasteiger partial charge in [-0.15, -0.1) is 0 Å². The van der Waals surface area contributed by atoms with Crippen molar-refractivity contribution in [1.29, 1.82) is 0 Å². The SMILES string of the molecule is COc1cc(OC)cc(C(O)CCCCCCCCCO[Si](C)(C)C(C)(C)C)c1. The maximum Gasteiger partial charge on any atom is 0.191 e. The number of hydrogen-bond donors (Lipinski definition) is 1. The first kappa shape index (κ1) is 26.0. The first-order valence-corrected chi connectivity index (χ1v) is 14.1. The van der Waals surface area contributed by atoms with E-state index in [9.17, 15) is 5.11 Å². The van der Waals surface area contributed by atoms with Crippen LogP contribution in [0.3, 0.4) is 0 Å². The van der Waals surface area contributed by atoms with Crippen LogP contribution in [0, 0.1) is 0 Å². The summed E-state index contributed by atoms with van der Waals surface area (Å²) in [5.74, 6) is 1.44. The number of benzene rings is 1. The molecule has 0 fully saturated rings. The van der Waals surface area contributed by atoms with E-state index in [4.69, 9.17) is 13.9 Å². The van der Waals surface area contributed by atoms with E-state index in [1.54, 1.807) is 14.2 Å². The molecule has 0 saturated heterocycles. The lowest BCUT2D eigenvalue weighted by Gasteiger charge is -2.36. The first-order valence-electron chi connectivity index (χ1n) is 11.2. The number of rotatable bonds is 14. The van der Waals surface area contributed by atoms with Gasteiger partial charge in [-0.25, -0.2) is 0 Å². The molecule has 5 heteroatoms. The van der Waals surface area contributed by atoms with E-state index in [0.29, 0.717) is 5.04 Å². The molecule has 0 radical (unpaired) electrons. The van der Waals surface area contributed by atoms with E-state index >= 15 is 0 Å². The van der Waals surface area contributed by atoms with Gasteiger partial charge >= 0.3 is 0 Å². The van der Waals surface area contributed by atoms with Gasteiger partial charge in [0.15, 0.2) is 8.32 Å². The lowest BCUT2D eigenvalue weighted by Crippen LogP contribution is -2.40. The zero-order valence-corrected chi connectivity index (χ0v) is 20.8. The van der Waals surface area contributed by atoms with Crippen LogP contribution in [0.15, 0.2) is 18.2 Å². The van der Waals surface area contributed by atoms with Gasteiger partial charge in [0.2, 0.25) is 0 Å². The molecule has 0 aliphatic rings. The largest absolute Gasteiger partial charge is 0.497 e. The van der Waals surface area contributed by atoms with Crippen LogP contribution in [0.1, 0.15) is 83.8 Å². The molecule has 0 heterocycles. The molecular weight excluding hydrogens is 380 g/mol. The quantitative estimate of drug-likeness (QED) is 0.261. The number of methoxy groups -OCH3 is 2. The van der Waals surface area contributed by atoms with Gasteiger partial charge in [-0.3, -0.25) is 0 Å². The molecular formula is C24H44O4Si. The lowest BCUT2D eigenvalue weighted by molar-refractivity contribution is 0.162. The molecule has 29 heavy (non-hydrogen) atoms. The molecule has 0 bridgehead atoms. The van der Waals surface area contributed by atoms with Crippen molar-refractivity contribution in [3.8, 4) is 11.5 Å². The van der Waals surface area contributed by atoms with Crippen molar-refractivity contribution in [3.05, 3.63) is 23.8 Å². The molecule has 1 N–H and O–H groups in total. The number of hydrogen-bond acceptors (Lipinski definition) is 4. The Kier molecular flexibility index (Phi) is 11.3. The highest BCUT2D eigenvalue weighted by molar-refractivity contribution is 6.74. The Labute approximate surface area is 180 Å². The standard InChI is InChI=1S/C24H44O4Si/c1-24(2,3)29(6,7)28-16-14-12-10-8-9-11-13-15-23(25)20-17-21(26-4)19-22(18-20)27-5/h17-19,23,25H,8-16H2,1-7H3. The van der Waals surface area contributed by atoms with E-state index in [-0.39, 0.29) is 0 Å². The van der Waals surface area contributed by atoms with Crippen molar-refractivity contribution >= 4 is 8.32 Å². The van der Waals surface area contributed by atoms with Crippen molar-refractivity contribution < 1.29 is 19.0 Å². The molecule has 0 amide bonds. The van der Waals surface area contributed by atoms with Gasteiger partial charge in [-0.05, 0) is 48.7 Å². The Hall–Kier alpha value is -1.04. The number of aliphatic hydroxyl groups excluding tert-OH is 1. The highest BCUT2D eigenvalue weighted by atomic mass is 28.4. The van der Waals surface area contributed by atoms with Gasteiger partial charge in [-0.1, -0.05) is 59.3 Å². The number of unbranched alkanes of at least 4 members (excludes halogenated alkanes) is 6. The minimum absolute atomic E-state index is 0.299. The molecule has 0 aliphatic carbocycles. The second-order valence-electron chi connectivity index (χ2n) is 9.53. The van der Waals surface area contributed by atoms with Crippen molar-refractivity contribution in [1.82, 2.24) is 0 Å². The summed E-state index contributed by atoms with van der Waals surface area (Å²) < 4.78 is 16.8. The van der Waals surface area contributed by atoms with Crippen molar-refractivity contribution in [2.45, 2.75) is 96.4 Å². The molecule has 1 aromatic carbocycles. The zero-order valence-electron chi connectivity index (χ0n) is 19.8. The van der Waals surface area contributed by atoms with E-state index in [0.717, 1.165) is 36.5 Å². The molecule has 0 aromatic heterocycles. The van der Waals surface area contributed by atoms with Gasteiger partial charge in [0.25, 0.3) is 0 Å². The van der Waals surface area contributed by atoms with Gasteiger partial charge in [-0.2, -0.15) is 0 Å². The minimum atomic E-state index is -1.58. The fourth-order valence-electron chi connectivity index (χ4n) is 3.06. The molecule has 1 unspecified atom stereocenters. The predicted octanol–water partition coefficient (Wildman–Crippen LogP) is 6.88. The number of aliphatic hydroxyl groups is 1. The Morgan fingerprint density at radius 1 is 0.828 bits per heavy atom. The fraction of sp³-hybridized carbons (Fsp3) is 0.750. The summed E-state index contributed by atoms with van der Waals surface area (Å²) in [7, 11) is 1.68. The third kappa shape index (κ3) is 9.54. The molecule has 0 saturated carbocycles. The summed E-state index contributed by atoms with van der Waals surface area (Å²) in [6.07, 6.45) is 8.71. The van der Waals surface area contributed by atoms with Crippen molar-refractivity contribution in [3.63, 3.8) is 0 Å². The van der Waals surface area contributed by atoms with Crippen LogP contribution >= 0.6 is 0 Å². The van der Waals surface area contributed by atoms with E-state index in [1.165, 1.54) is 38.5 Å². The molecule has 1 rings (SSSR count). The Morgan fingerprint density at radius 2 is 1.31 bits per heavy atom. The van der Waals surface area contributed by atoms with Crippen molar-refractivity contribution in [2.75, 3.05) is 20.8 Å². The number of ether oxygens (including phenoxy) is 2. The second-order valence-corrected chi connectivity index (χ2v) is 14.3. The van der Waals surface area contributed by atoms with Crippen LogP contribution in [0.25, 0.3) is 0 Å². The van der Waals surface area contributed by atoms with Gasteiger partial charge in [0.1, 0.15) is 11.5 Å². The highest BCUT2D eigenvalue weighted by Crippen LogP contribution is 2.36. The molecule has 168 valence electrons. The monoisotopic (exact) mass is 424 g/mol. The Bertz CT molecular complexity index is 558.